The Bertz CT molecular complexity index is 730. The fourth-order valence-corrected chi connectivity index (χ4v) is 2.41. The number of anilines is 1. The third kappa shape index (κ3) is 2.47. The summed E-state index contributed by atoms with van der Waals surface area (Å²) in [6, 6.07) is 13.0. The second-order valence-corrected chi connectivity index (χ2v) is 4.70. The molecular weight excluding hydrogens is 273 g/mol. The van der Waals surface area contributed by atoms with E-state index in [1.165, 1.54) is 12.1 Å². The van der Waals surface area contributed by atoms with Gasteiger partial charge in [0.15, 0.2) is 11.5 Å². The molecule has 0 radical (unpaired) electrons. The van der Waals surface area contributed by atoms with E-state index in [1.807, 2.05) is 0 Å². The van der Waals surface area contributed by atoms with Crippen LogP contribution in [-0.4, -0.2) is 28.9 Å². The Labute approximate surface area is 120 Å². The second-order valence-electron chi connectivity index (χ2n) is 4.70. The van der Waals surface area contributed by atoms with Gasteiger partial charge in [0, 0.05) is 6.07 Å². The van der Waals surface area contributed by atoms with Gasteiger partial charge in [0.1, 0.15) is 13.1 Å². The zero-order chi connectivity index (χ0) is 14.8. The zero-order valence-corrected chi connectivity index (χ0v) is 11.1. The monoisotopic (exact) mass is 286 g/mol. The predicted octanol–water partition coefficient (Wildman–Crippen LogP) is 2.93. The summed E-state index contributed by atoms with van der Waals surface area (Å²) in [6.45, 7) is 1.15. The van der Waals surface area contributed by atoms with Crippen molar-refractivity contribution in [1.29, 1.82) is 0 Å². The van der Waals surface area contributed by atoms with Crippen LogP contribution in [0.1, 0.15) is 0 Å². The third-order valence-electron chi connectivity index (χ3n) is 3.41. The van der Waals surface area contributed by atoms with Crippen molar-refractivity contribution in [3.63, 3.8) is 0 Å². The first kappa shape index (κ1) is 13.2. The van der Waals surface area contributed by atoms with Gasteiger partial charge in [-0.1, -0.05) is 24.3 Å². The molecule has 5 nitrogen and oxygen atoms in total. The number of nitrogens with zero attached hydrogens (tertiary/aromatic N) is 3. The number of hydrogen-bond donors (Lipinski definition) is 0. The van der Waals surface area contributed by atoms with E-state index in [1.54, 1.807) is 52.2 Å². The molecule has 1 aliphatic rings. The fraction of sp³-hybridized carbons (Fsp3) is 0.133. The van der Waals surface area contributed by atoms with E-state index < -0.39 is 4.92 Å². The molecule has 0 amide bonds. The van der Waals surface area contributed by atoms with Crippen LogP contribution in [0.25, 0.3) is 0 Å². The Morgan fingerprint density at radius 3 is 2.62 bits per heavy atom. The number of rotatable bonds is 3. The summed E-state index contributed by atoms with van der Waals surface area (Å²) in [7, 11) is 0. The minimum absolute atomic E-state index is 0.0455. The molecule has 0 bridgehead atoms. The van der Waals surface area contributed by atoms with Gasteiger partial charge >= 0.3 is 5.69 Å². The van der Waals surface area contributed by atoms with Gasteiger partial charge in [0.25, 0.3) is 0 Å². The molecule has 0 aliphatic carbocycles. The van der Waals surface area contributed by atoms with Crippen molar-refractivity contribution in [2.75, 3.05) is 18.0 Å². The van der Waals surface area contributed by atoms with Gasteiger partial charge in [-0.3, -0.25) is 10.1 Å². The van der Waals surface area contributed by atoms with Gasteiger partial charge in [0.2, 0.25) is 12.0 Å². The topological polar surface area (TPSA) is 49.4 Å². The smallest absolute Gasteiger partial charge is 0.258 e. The lowest BCUT2D eigenvalue weighted by molar-refractivity contribution is -0.445. The van der Waals surface area contributed by atoms with E-state index in [0.717, 1.165) is 0 Å². The van der Waals surface area contributed by atoms with Gasteiger partial charge < -0.3 is 0 Å². The molecule has 0 N–H and O–H groups in total. The highest BCUT2D eigenvalue weighted by atomic mass is 19.1. The molecule has 0 spiro atoms. The van der Waals surface area contributed by atoms with E-state index in [9.17, 15) is 14.5 Å². The van der Waals surface area contributed by atoms with Gasteiger partial charge in [-0.2, -0.15) is 0 Å². The van der Waals surface area contributed by atoms with E-state index >= 15 is 0 Å². The first-order valence-corrected chi connectivity index (χ1v) is 6.53. The highest BCUT2D eigenvalue weighted by Crippen LogP contribution is 2.28. The summed E-state index contributed by atoms with van der Waals surface area (Å²) in [5, 5.41) is 11.1. The molecule has 0 saturated heterocycles. The molecule has 0 unspecified atom stereocenters. The summed E-state index contributed by atoms with van der Waals surface area (Å²) < 4.78 is 15.6. The van der Waals surface area contributed by atoms with Crippen molar-refractivity contribution in [2.45, 2.75) is 0 Å². The molecular formula is C15H13FN3O2+. The SMILES string of the molecule is O=[N+]([O-])c1ccccc1[N+]1=CN(c2ccccc2F)CC1. The summed E-state index contributed by atoms with van der Waals surface area (Å²) in [5.74, 6) is -0.307. The summed E-state index contributed by atoms with van der Waals surface area (Å²) in [4.78, 5) is 12.4. The van der Waals surface area contributed by atoms with Crippen molar-refractivity contribution < 1.29 is 13.9 Å². The normalized spacial score (nSPS) is 14.1. The lowest BCUT2D eigenvalue weighted by Crippen LogP contribution is -2.19. The highest BCUT2D eigenvalue weighted by molar-refractivity contribution is 5.78. The highest BCUT2D eigenvalue weighted by Gasteiger charge is 2.28. The largest absolute Gasteiger partial charge is 0.315 e. The fourth-order valence-electron chi connectivity index (χ4n) is 2.41. The van der Waals surface area contributed by atoms with Gasteiger partial charge in [-0.25, -0.2) is 13.9 Å². The Hall–Kier alpha value is -2.76. The first-order chi connectivity index (χ1) is 10.2. The van der Waals surface area contributed by atoms with Crippen LogP contribution in [0.3, 0.4) is 0 Å². The number of hydrogen-bond acceptors (Lipinski definition) is 3. The van der Waals surface area contributed by atoms with Crippen LogP contribution in [0.2, 0.25) is 0 Å². The quantitative estimate of drug-likeness (QED) is 0.495. The molecule has 1 heterocycles. The van der Waals surface area contributed by atoms with Crippen molar-refractivity contribution >= 4 is 23.4 Å². The number of nitro benzene ring substituents is 1. The molecule has 0 fully saturated rings. The molecule has 106 valence electrons. The van der Waals surface area contributed by atoms with E-state index in [2.05, 4.69) is 0 Å². The van der Waals surface area contributed by atoms with Crippen LogP contribution in [0.4, 0.5) is 21.5 Å². The molecule has 2 aromatic carbocycles. The van der Waals surface area contributed by atoms with Crippen LogP contribution >= 0.6 is 0 Å². The number of halogens is 1. The average Bonchev–Trinajstić information content (AvgIpc) is 2.97. The van der Waals surface area contributed by atoms with Crippen LogP contribution in [-0.2, 0) is 0 Å². The van der Waals surface area contributed by atoms with Crippen LogP contribution in [0, 0.1) is 15.9 Å². The van der Waals surface area contributed by atoms with E-state index in [4.69, 9.17) is 0 Å². The second kappa shape index (κ2) is 5.32. The maximum Gasteiger partial charge on any atom is 0.315 e. The van der Waals surface area contributed by atoms with Crippen LogP contribution < -0.4 is 4.90 Å². The summed E-state index contributed by atoms with van der Waals surface area (Å²) >= 11 is 0. The van der Waals surface area contributed by atoms with E-state index in [-0.39, 0.29) is 11.5 Å². The first-order valence-electron chi connectivity index (χ1n) is 6.53. The number of benzene rings is 2. The molecule has 21 heavy (non-hydrogen) atoms. The number of nitro groups is 1. The standard InChI is InChI=1S/C15H13FN3O2/c16-12-5-1-2-6-13(12)17-9-10-18(11-17)14-7-3-4-8-15(14)19(20)21/h1-8,11H,9-10H2/q+1. The molecule has 2 aromatic rings. The zero-order valence-electron chi connectivity index (χ0n) is 11.1. The lowest BCUT2D eigenvalue weighted by Gasteiger charge is -2.06. The molecule has 3 rings (SSSR count). The van der Waals surface area contributed by atoms with Crippen molar-refractivity contribution in [3.05, 3.63) is 64.5 Å². The minimum atomic E-state index is -0.408. The Morgan fingerprint density at radius 1 is 1.14 bits per heavy atom. The van der Waals surface area contributed by atoms with Gasteiger partial charge in [0.05, 0.1) is 4.92 Å². The molecule has 0 atom stereocenters. The average molecular weight is 286 g/mol. The van der Waals surface area contributed by atoms with Crippen molar-refractivity contribution in [1.82, 2.24) is 0 Å². The maximum absolute atomic E-state index is 13.8. The number of para-hydroxylation sites is 3. The Kier molecular flexibility index (Phi) is 3.35. The minimum Gasteiger partial charge on any atom is -0.258 e. The molecule has 6 heteroatoms. The van der Waals surface area contributed by atoms with Gasteiger partial charge in [-0.15, -0.1) is 0 Å². The van der Waals surface area contributed by atoms with Crippen LogP contribution in [0.15, 0.2) is 48.5 Å². The van der Waals surface area contributed by atoms with Crippen molar-refractivity contribution in [3.8, 4) is 0 Å². The maximum atomic E-state index is 13.8. The lowest BCUT2D eigenvalue weighted by atomic mass is 10.2. The summed E-state index contributed by atoms with van der Waals surface area (Å²) in [6.07, 6.45) is 1.71. The van der Waals surface area contributed by atoms with Crippen molar-refractivity contribution in [2.24, 2.45) is 0 Å². The molecule has 0 aromatic heterocycles. The predicted molar refractivity (Wildman–Crippen MR) is 77.7 cm³/mol. The van der Waals surface area contributed by atoms with Gasteiger partial charge in [-0.05, 0) is 18.2 Å². The molecule has 0 saturated carbocycles. The molecule has 1 aliphatic heterocycles. The van der Waals surface area contributed by atoms with E-state index in [0.29, 0.717) is 24.5 Å². The summed E-state index contributed by atoms with van der Waals surface area (Å²) in [5.41, 5.74) is 1.03. The Morgan fingerprint density at radius 2 is 1.86 bits per heavy atom. The third-order valence-corrected chi connectivity index (χ3v) is 3.41. The Balaban J connectivity index is 1.98. The van der Waals surface area contributed by atoms with Crippen LogP contribution in [0.5, 0.6) is 0 Å².